The minimum Gasteiger partial charge on any atom is -0.272 e. The van der Waals surface area contributed by atoms with E-state index in [-0.39, 0.29) is 5.69 Å². The molecule has 4 rings (SSSR count). The predicted octanol–water partition coefficient (Wildman–Crippen LogP) is 5.91. The fourth-order valence-electron chi connectivity index (χ4n) is 3.14. The number of anilines is 1. The molecule has 10 heteroatoms. The molecule has 0 fully saturated rings. The Bertz CT molecular complexity index is 1300. The monoisotopic (exact) mass is 451 g/mol. The fraction of sp³-hybridized carbons (Fsp3) is 0.0435. The van der Waals surface area contributed by atoms with Crippen molar-refractivity contribution in [1.29, 1.82) is 0 Å². The lowest BCUT2D eigenvalue weighted by atomic mass is 10.1. The van der Waals surface area contributed by atoms with E-state index in [1.54, 1.807) is 10.9 Å². The lowest BCUT2D eigenvalue weighted by Gasteiger charge is -2.08. The number of nitrogens with zero attached hydrogens (tertiary/aromatic N) is 4. The number of hydrazone groups is 1. The van der Waals surface area contributed by atoms with Crippen LogP contribution in [0.3, 0.4) is 0 Å². The minimum atomic E-state index is -4.69. The average molecular weight is 451 g/mol. The molecule has 0 atom stereocenters. The van der Waals surface area contributed by atoms with Crippen LogP contribution >= 0.6 is 0 Å². The minimum absolute atomic E-state index is 0.166. The highest BCUT2D eigenvalue weighted by Gasteiger charge is 2.33. The number of para-hydroxylation sites is 1. The van der Waals surface area contributed by atoms with Crippen molar-refractivity contribution in [1.82, 2.24) is 9.78 Å². The van der Waals surface area contributed by atoms with Crippen molar-refractivity contribution in [2.75, 3.05) is 5.43 Å². The molecule has 0 saturated heterocycles. The number of nitrogens with one attached hydrogen (secondary N) is 1. The topological polar surface area (TPSA) is 85.4 Å². The third kappa shape index (κ3) is 4.90. The summed E-state index contributed by atoms with van der Waals surface area (Å²) >= 11 is 0. The van der Waals surface area contributed by atoms with Gasteiger partial charge in [-0.05, 0) is 24.3 Å². The van der Waals surface area contributed by atoms with Gasteiger partial charge in [-0.3, -0.25) is 15.5 Å². The summed E-state index contributed by atoms with van der Waals surface area (Å²) in [6.45, 7) is 0. The van der Waals surface area contributed by atoms with Crippen molar-refractivity contribution >= 4 is 17.6 Å². The van der Waals surface area contributed by atoms with Crippen LogP contribution in [0.25, 0.3) is 16.9 Å². The fourth-order valence-corrected chi connectivity index (χ4v) is 3.14. The van der Waals surface area contributed by atoms with Crippen molar-refractivity contribution in [2.24, 2.45) is 5.10 Å². The van der Waals surface area contributed by atoms with Crippen LogP contribution in [-0.4, -0.2) is 20.9 Å². The maximum absolute atomic E-state index is 12.9. The zero-order chi connectivity index (χ0) is 23.4. The highest BCUT2D eigenvalue weighted by molar-refractivity contribution is 5.89. The first-order chi connectivity index (χ1) is 15.8. The average Bonchev–Trinajstić information content (AvgIpc) is 3.24. The van der Waals surface area contributed by atoms with Crippen molar-refractivity contribution in [3.05, 3.63) is 106 Å². The zero-order valence-corrected chi connectivity index (χ0v) is 16.9. The molecule has 4 aromatic rings. The van der Waals surface area contributed by atoms with Gasteiger partial charge in [0.1, 0.15) is 11.4 Å². The van der Waals surface area contributed by atoms with E-state index in [4.69, 9.17) is 0 Å². The summed E-state index contributed by atoms with van der Waals surface area (Å²) in [5.41, 5.74) is 3.33. The second-order valence-corrected chi connectivity index (χ2v) is 6.94. The highest BCUT2D eigenvalue weighted by atomic mass is 19.4. The van der Waals surface area contributed by atoms with Crippen LogP contribution in [0.4, 0.5) is 24.5 Å². The Morgan fingerprint density at radius 3 is 2.30 bits per heavy atom. The molecule has 1 N–H and O–H groups in total. The van der Waals surface area contributed by atoms with Gasteiger partial charge in [0.2, 0.25) is 0 Å². The van der Waals surface area contributed by atoms with Crippen LogP contribution < -0.4 is 5.43 Å². The Labute approximate surface area is 186 Å². The number of halogens is 3. The van der Waals surface area contributed by atoms with Gasteiger partial charge in [0.15, 0.2) is 0 Å². The molecule has 1 heterocycles. The molecule has 0 spiro atoms. The summed E-state index contributed by atoms with van der Waals surface area (Å²) in [5, 5.41) is 19.9. The number of hydrogen-bond acceptors (Lipinski definition) is 5. The van der Waals surface area contributed by atoms with Gasteiger partial charge < -0.3 is 0 Å². The smallest absolute Gasteiger partial charge is 0.272 e. The van der Waals surface area contributed by atoms with Gasteiger partial charge in [0, 0.05) is 23.4 Å². The van der Waals surface area contributed by atoms with Crippen molar-refractivity contribution in [3.8, 4) is 16.9 Å². The van der Waals surface area contributed by atoms with E-state index in [1.807, 2.05) is 60.7 Å². The SMILES string of the molecule is O=[N+]([O-])c1cc(C(F)(F)F)ccc1NN=Cc1cn(-c2ccccc2)nc1-c1ccccc1. The molecule has 3 aromatic carbocycles. The summed E-state index contributed by atoms with van der Waals surface area (Å²) in [7, 11) is 0. The van der Waals surface area contributed by atoms with Crippen LogP contribution in [-0.2, 0) is 6.18 Å². The maximum Gasteiger partial charge on any atom is 0.416 e. The predicted molar refractivity (Wildman–Crippen MR) is 118 cm³/mol. The second-order valence-electron chi connectivity index (χ2n) is 6.94. The van der Waals surface area contributed by atoms with Gasteiger partial charge >= 0.3 is 6.18 Å². The molecule has 0 unspecified atom stereocenters. The molecule has 0 bridgehead atoms. The van der Waals surface area contributed by atoms with E-state index in [0.717, 1.165) is 23.4 Å². The molecule has 0 aliphatic heterocycles. The molecule has 0 amide bonds. The number of benzene rings is 3. The molecule has 0 aliphatic rings. The van der Waals surface area contributed by atoms with Gasteiger partial charge in [-0.2, -0.15) is 23.4 Å². The summed E-state index contributed by atoms with van der Waals surface area (Å²) in [6.07, 6.45) is -1.54. The first kappa shape index (κ1) is 21.8. The molecule has 0 aliphatic carbocycles. The maximum atomic E-state index is 12.9. The third-order valence-corrected chi connectivity index (χ3v) is 4.72. The molecule has 0 saturated carbocycles. The van der Waals surface area contributed by atoms with Gasteiger partial charge in [-0.25, -0.2) is 4.68 Å². The molecule has 33 heavy (non-hydrogen) atoms. The Kier molecular flexibility index (Phi) is 5.90. The lowest BCUT2D eigenvalue weighted by Crippen LogP contribution is -2.06. The molecular weight excluding hydrogens is 435 g/mol. The number of rotatable bonds is 6. The van der Waals surface area contributed by atoms with E-state index in [1.165, 1.54) is 6.21 Å². The van der Waals surface area contributed by atoms with E-state index in [2.05, 4.69) is 15.6 Å². The summed E-state index contributed by atoms with van der Waals surface area (Å²) in [5.74, 6) is 0. The van der Waals surface area contributed by atoms with E-state index in [9.17, 15) is 23.3 Å². The standard InChI is InChI=1S/C23H16F3N5O2/c24-23(25,26)18-11-12-20(21(13-18)31(32)33)28-27-14-17-15-30(19-9-5-2-6-10-19)29-22(17)16-7-3-1-4-8-16/h1-15,28H. The van der Waals surface area contributed by atoms with E-state index in [0.29, 0.717) is 17.3 Å². The van der Waals surface area contributed by atoms with E-state index >= 15 is 0 Å². The summed E-state index contributed by atoms with van der Waals surface area (Å²) in [4.78, 5) is 10.4. The van der Waals surface area contributed by atoms with Crippen LogP contribution in [0.15, 0.2) is 90.2 Å². The second kappa shape index (κ2) is 8.95. The first-order valence-corrected chi connectivity index (χ1v) is 9.68. The summed E-state index contributed by atoms with van der Waals surface area (Å²) in [6, 6.07) is 21.0. The largest absolute Gasteiger partial charge is 0.416 e. The number of nitro groups is 1. The molecule has 1 aromatic heterocycles. The van der Waals surface area contributed by atoms with Crippen LogP contribution in [0.2, 0.25) is 0 Å². The van der Waals surface area contributed by atoms with Gasteiger partial charge in [0.05, 0.1) is 22.4 Å². The van der Waals surface area contributed by atoms with Gasteiger partial charge in [-0.1, -0.05) is 48.5 Å². The van der Waals surface area contributed by atoms with Crippen molar-refractivity contribution < 1.29 is 18.1 Å². The van der Waals surface area contributed by atoms with Crippen LogP contribution in [0, 0.1) is 10.1 Å². The number of aromatic nitrogens is 2. The van der Waals surface area contributed by atoms with Crippen LogP contribution in [0.5, 0.6) is 0 Å². The lowest BCUT2D eigenvalue weighted by molar-refractivity contribution is -0.384. The number of nitro benzene ring substituents is 1. The Balaban J connectivity index is 1.67. The highest BCUT2D eigenvalue weighted by Crippen LogP contribution is 2.35. The quantitative estimate of drug-likeness (QED) is 0.224. The Hall–Kier alpha value is -4.47. The van der Waals surface area contributed by atoms with Gasteiger partial charge in [0.25, 0.3) is 5.69 Å². The molecule has 7 nitrogen and oxygen atoms in total. The number of hydrogen-bond donors (Lipinski definition) is 1. The molecular formula is C23H16F3N5O2. The van der Waals surface area contributed by atoms with Crippen molar-refractivity contribution in [2.45, 2.75) is 6.18 Å². The Morgan fingerprint density at radius 2 is 1.67 bits per heavy atom. The van der Waals surface area contributed by atoms with Crippen LogP contribution in [0.1, 0.15) is 11.1 Å². The first-order valence-electron chi connectivity index (χ1n) is 9.68. The number of alkyl halides is 3. The third-order valence-electron chi connectivity index (χ3n) is 4.72. The van der Waals surface area contributed by atoms with Gasteiger partial charge in [-0.15, -0.1) is 0 Å². The molecule has 0 radical (unpaired) electrons. The zero-order valence-electron chi connectivity index (χ0n) is 16.9. The normalized spacial score (nSPS) is 11.6. The Morgan fingerprint density at radius 1 is 1.00 bits per heavy atom. The van der Waals surface area contributed by atoms with Crippen molar-refractivity contribution in [3.63, 3.8) is 0 Å². The van der Waals surface area contributed by atoms with E-state index < -0.39 is 22.4 Å². The summed E-state index contributed by atoms with van der Waals surface area (Å²) < 4.78 is 40.4. The molecule has 166 valence electrons.